The third kappa shape index (κ3) is 4.68. The molecule has 1 N–H and O–H groups in total. The largest absolute Gasteiger partial charge is 0.497 e. The van der Waals surface area contributed by atoms with Crippen LogP contribution in [0.15, 0.2) is 64.0 Å². The summed E-state index contributed by atoms with van der Waals surface area (Å²) in [7, 11) is -1.96. The van der Waals surface area contributed by atoms with E-state index in [9.17, 15) is 13.2 Å². The summed E-state index contributed by atoms with van der Waals surface area (Å²) < 4.78 is 37.7. The van der Waals surface area contributed by atoms with Gasteiger partial charge in [0.25, 0.3) is 5.91 Å². The van der Waals surface area contributed by atoms with E-state index in [4.69, 9.17) is 9.26 Å². The Balaban J connectivity index is 1.43. The van der Waals surface area contributed by atoms with E-state index in [-0.39, 0.29) is 10.6 Å². The fourth-order valence-corrected chi connectivity index (χ4v) is 5.29. The van der Waals surface area contributed by atoms with E-state index >= 15 is 0 Å². The Morgan fingerprint density at radius 2 is 1.88 bits per heavy atom. The number of sulfonamides is 1. The van der Waals surface area contributed by atoms with E-state index < -0.39 is 15.9 Å². The van der Waals surface area contributed by atoms with Gasteiger partial charge in [0.15, 0.2) is 11.5 Å². The summed E-state index contributed by atoms with van der Waals surface area (Å²) in [5, 5.41) is 6.55. The molecule has 9 heteroatoms. The van der Waals surface area contributed by atoms with Crippen molar-refractivity contribution in [3.63, 3.8) is 0 Å². The van der Waals surface area contributed by atoms with Crippen molar-refractivity contribution in [2.24, 2.45) is 5.92 Å². The third-order valence-electron chi connectivity index (χ3n) is 5.49. The molecule has 8 nitrogen and oxygen atoms in total. The lowest BCUT2D eigenvalue weighted by atomic mass is 10.0. The lowest BCUT2D eigenvalue weighted by Crippen LogP contribution is -2.39. The van der Waals surface area contributed by atoms with Crippen molar-refractivity contribution in [2.45, 2.75) is 24.7 Å². The van der Waals surface area contributed by atoms with Crippen molar-refractivity contribution in [2.75, 3.05) is 25.5 Å². The molecule has 2 aromatic carbocycles. The number of rotatable bonds is 6. The Hall–Kier alpha value is -3.17. The summed E-state index contributed by atoms with van der Waals surface area (Å²) in [6.45, 7) is 3.13. The van der Waals surface area contributed by atoms with Gasteiger partial charge in [-0.3, -0.25) is 4.79 Å². The maximum Gasteiger partial charge on any atom is 0.277 e. The summed E-state index contributed by atoms with van der Waals surface area (Å²) >= 11 is 0. The van der Waals surface area contributed by atoms with Gasteiger partial charge in [-0.2, -0.15) is 4.31 Å². The maximum atomic E-state index is 12.9. The van der Waals surface area contributed by atoms with Gasteiger partial charge in [-0.1, -0.05) is 12.1 Å². The number of anilines is 1. The van der Waals surface area contributed by atoms with Crippen LogP contribution in [-0.4, -0.2) is 44.0 Å². The van der Waals surface area contributed by atoms with Gasteiger partial charge in [0.1, 0.15) is 5.75 Å². The van der Waals surface area contributed by atoms with E-state index in [0.29, 0.717) is 36.2 Å². The first kappa shape index (κ1) is 22.0. The number of benzene rings is 2. The third-order valence-corrected chi connectivity index (χ3v) is 7.37. The predicted molar refractivity (Wildman–Crippen MR) is 120 cm³/mol. The molecule has 0 saturated carbocycles. The Labute approximate surface area is 187 Å². The van der Waals surface area contributed by atoms with Gasteiger partial charge >= 0.3 is 0 Å². The van der Waals surface area contributed by atoms with Crippen molar-refractivity contribution in [1.29, 1.82) is 0 Å². The Morgan fingerprint density at radius 1 is 1.16 bits per heavy atom. The highest BCUT2D eigenvalue weighted by Crippen LogP contribution is 2.25. The molecule has 3 aromatic rings. The maximum absolute atomic E-state index is 12.9. The number of hydrogen-bond donors (Lipinski definition) is 1. The molecule has 0 spiro atoms. The Bertz CT molecular complexity index is 1190. The van der Waals surface area contributed by atoms with Gasteiger partial charge in [0, 0.05) is 30.4 Å². The summed E-state index contributed by atoms with van der Waals surface area (Å²) in [5.41, 5.74) is 1.35. The second-order valence-corrected chi connectivity index (χ2v) is 9.83. The molecule has 1 atom stereocenters. The number of nitrogens with zero attached hydrogens (tertiary/aromatic N) is 2. The average Bonchev–Trinajstić information content (AvgIpc) is 3.30. The second-order valence-electron chi connectivity index (χ2n) is 7.89. The lowest BCUT2D eigenvalue weighted by Gasteiger charge is -2.30. The van der Waals surface area contributed by atoms with Crippen LogP contribution in [0, 0.1) is 5.92 Å². The topological polar surface area (TPSA) is 102 Å². The standard InChI is InChI=1S/C23H25N3O5S/c1-16-4-3-13-26(15-16)32(28,29)20-11-7-18(8-12-20)24-23(27)21-14-22(31-25-21)17-5-9-19(30-2)10-6-17/h5-12,14,16H,3-4,13,15H2,1-2H3,(H,24,27). The molecule has 2 heterocycles. The number of hydrogen-bond acceptors (Lipinski definition) is 6. The molecule has 0 aliphatic carbocycles. The van der Waals surface area contributed by atoms with Crippen LogP contribution in [0.25, 0.3) is 11.3 Å². The average molecular weight is 456 g/mol. The van der Waals surface area contributed by atoms with Crippen LogP contribution in [-0.2, 0) is 10.0 Å². The van der Waals surface area contributed by atoms with Crippen LogP contribution in [0.1, 0.15) is 30.3 Å². The minimum atomic E-state index is -3.54. The molecule has 1 aliphatic heterocycles. The van der Waals surface area contributed by atoms with E-state index in [2.05, 4.69) is 17.4 Å². The summed E-state index contributed by atoms with van der Waals surface area (Å²) in [4.78, 5) is 12.8. The summed E-state index contributed by atoms with van der Waals surface area (Å²) in [6, 6.07) is 14.9. The minimum absolute atomic E-state index is 0.120. The SMILES string of the molecule is COc1ccc(-c2cc(C(=O)Nc3ccc(S(=O)(=O)N4CCCC(C)C4)cc3)no2)cc1. The van der Waals surface area contributed by atoms with Crippen molar-refractivity contribution >= 4 is 21.6 Å². The van der Waals surface area contributed by atoms with Crippen molar-refractivity contribution in [3.8, 4) is 17.1 Å². The highest BCUT2D eigenvalue weighted by Gasteiger charge is 2.28. The highest BCUT2D eigenvalue weighted by molar-refractivity contribution is 7.89. The van der Waals surface area contributed by atoms with Crippen molar-refractivity contribution in [3.05, 3.63) is 60.3 Å². The molecule has 1 aromatic heterocycles. The fraction of sp³-hybridized carbons (Fsp3) is 0.304. The summed E-state index contributed by atoms with van der Waals surface area (Å²) in [5.74, 6) is 1.07. The monoisotopic (exact) mass is 455 g/mol. The first-order chi connectivity index (χ1) is 15.4. The number of carbonyl (C=O) groups is 1. The van der Waals surface area contributed by atoms with Crippen LogP contribution < -0.4 is 10.1 Å². The molecule has 0 bridgehead atoms. The molecule has 4 rings (SSSR count). The predicted octanol–water partition coefficient (Wildman–Crippen LogP) is 4.02. The molecule has 1 saturated heterocycles. The van der Waals surface area contributed by atoms with Crippen LogP contribution in [0.3, 0.4) is 0 Å². The van der Waals surface area contributed by atoms with Gasteiger partial charge < -0.3 is 14.6 Å². The molecule has 0 radical (unpaired) electrons. The van der Waals surface area contributed by atoms with Gasteiger partial charge in [0.2, 0.25) is 10.0 Å². The van der Waals surface area contributed by atoms with E-state index in [1.807, 2.05) is 12.1 Å². The summed E-state index contributed by atoms with van der Waals surface area (Å²) in [6.07, 6.45) is 1.91. The van der Waals surface area contributed by atoms with Gasteiger partial charge in [-0.15, -0.1) is 0 Å². The number of nitrogens with one attached hydrogen (secondary N) is 1. The first-order valence-electron chi connectivity index (χ1n) is 10.4. The zero-order valence-corrected chi connectivity index (χ0v) is 18.8. The van der Waals surface area contributed by atoms with E-state index in [1.165, 1.54) is 16.4 Å². The van der Waals surface area contributed by atoms with Crippen molar-refractivity contribution in [1.82, 2.24) is 9.46 Å². The highest BCUT2D eigenvalue weighted by atomic mass is 32.2. The van der Waals surface area contributed by atoms with Gasteiger partial charge in [0.05, 0.1) is 12.0 Å². The first-order valence-corrected chi connectivity index (χ1v) is 11.8. The minimum Gasteiger partial charge on any atom is -0.497 e. The van der Waals surface area contributed by atoms with Crippen molar-refractivity contribution < 1.29 is 22.5 Å². The molecular weight excluding hydrogens is 430 g/mol. The van der Waals surface area contributed by atoms with Crippen LogP contribution in [0.2, 0.25) is 0 Å². The number of methoxy groups -OCH3 is 1. The van der Waals surface area contributed by atoms with E-state index in [1.54, 1.807) is 37.4 Å². The lowest BCUT2D eigenvalue weighted by molar-refractivity contribution is 0.101. The zero-order chi connectivity index (χ0) is 22.7. The number of amides is 1. The van der Waals surface area contributed by atoms with Crippen LogP contribution in [0.5, 0.6) is 5.75 Å². The zero-order valence-electron chi connectivity index (χ0n) is 17.9. The molecule has 168 valence electrons. The normalized spacial score (nSPS) is 17.1. The van der Waals surface area contributed by atoms with Crippen LogP contribution in [0.4, 0.5) is 5.69 Å². The fourth-order valence-electron chi connectivity index (χ4n) is 3.69. The Morgan fingerprint density at radius 3 is 2.53 bits per heavy atom. The molecule has 1 unspecified atom stereocenters. The number of carbonyl (C=O) groups excluding carboxylic acids is 1. The van der Waals surface area contributed by atoms with E-state index in [0.717, 1.165) is 18.4 Å². The molecule has 1 amide bonds. The number of aromatic nitrogens is 1. The molecule has 1 aliphatic rings. The second kappa shape index (κ2) is 9.13. The quantitative estimate of drug-likeness (QED) is 0.602. The smallest absolute Gasteiger partial charge is 0.277 e. The van der Waals surface area contributed by atoms with Gasteiger partial charge in [-0.25, -0.2) is 8.42 Å². The number of ether oxygens (including phenoxy) is 1. The molecule has 1 fully saturated rings. The molecule has 32 heavy (non-hydrogen) atoms. The van der Waals surface area contributed by atoms with Crippen LogP contribution >= 0.6 is 0 Å². The number of piperidine rings is 1. The molecular formula is C23H25N3O5S. The van der Waals surface area contributed by atoms with Gasteiger partial charge in [-0.05, 0) is 67.3 Å². The Kier molecular flexibility index (Phi) is 6.29.